The van der Waals surface area contributed by atoms with Crippen LogP contribution in [0.5, 0.6) is 0 Å². The lowest BCUT2D eigenvalue weighted by molar-refractivity contribution is 0.164. The van der Waals surface area contributed by atoms with Crippen LogP contribution < -0.4 is 0 Å². The van der Waals surface area contributed by atoms with E-state index in [1.807, 2.05) is 19.9 Å². The maximum Gasteiger partial charge on any atom is 0.122 e. The van der Waals surface area contributed by atoms with E-state index < -0.39 is 0 Å². The van der Waals surface area contributed by atoms with Crippen molar-refractivity contribution >= 4 is 0 Å². The summed E-state index contributed by atoms with van der Waals surface area (Å²) >= 11 is 0. The van der Waals surface area contributed by atoms with Gasteiger partial charge >= 0.3 is 0 Å². The van der Waals surface area contributed by atoms with Gasteiger partial charge in [0.1, 0.15) is 5.76 Å². The molecule has 86 valence electrons. The van der Waals surface area contributed by atoms with Crippen molar-refractivity contribution in [1.82, 2.24) is 0 Å². The summed E-state index contributed by atoms with van der Waals surface area (Å²) in [5.74, 6) is 2.14. The Labute approximate surface area is 94.5 Å². The molecule has 1 rings (SSSR count). The van der Waals surface area contributed by atoms with Crippen molar-refractivity contribution in [1.29, 1.82) is 0 Å². The minimum Gasteiger partial charge on any atom is -0.493 e. The van der Waals surface area contributed by atoms with Gasteiger partial charge in [0, 0.05) is 0 Å². The normalized spacial score (nSPS) is 20.2. The molecule has 1 aliphatic heterocycles. The third-order valence-electron chi connectivity index (χ3n) is 2.58. The number of ether oxygens (including phenoxy) is 1. The summed E-state index contributed by atoms with van der Waals surface area (Å²) in [6.07, 6.45) is 4.78. The van der Waals surface area contributed by atoms with Gasteiger partial charge < -0.3 is 4.74 Å². The van der Waals surface area contributed by atoms with E-state index in [1.54, 1.807) is 6.08 Å². The summed E-state index contributed by atoms with van der Waals surface area (Å²) in [7, 11) is 0. The molecule has 15 heavy (non-hydrogen) atoms. The molecule has 0 saturated carbocycles. The van der Waals surface area contributed by atoms with Crippen molar-refractivity contribution in [3.05, 3.63) is 36.6 Å². The van der Waals surface area contributed by atoms with Crippen molar-refractivity contribution in [3.63, 3.8) is 0 Å². The van der Waals surface area contributed by atoms with Crippen molar-refractivity contribution < 1.29 is 4.74 Å². The standard InChI is InChI=1S/C12H18O.C2H6/c1-5-10-11(9(3)4)7-8-13-12(10)6-2;1-2/h5-6,9,11H,1-2,7-8H2,3-4H3;1-2H3. The Kier molecular flexibility index (Phi) is 6.85. The molecule has 1 atom stereocenters. The fraction of sp³-hybridized carbons (Fsp3) is 0.571. The third-order valence-corrected chi connectivity index (χ3v) is 2.58. The molecule has 0 bridgehead atoms. The molecule has 0 amide bonds. The zero-order valence-electron chi connectivity index (χ0n) is 10.5. The predicted octanol–water partition coefficient (Wildman–Crippen LogP) is 4.33. The fourth-order valence-corrected chi connectivity index (χ4v) is 1.84. The Morgan fingerprint density at radius 2 is 1.87 bits per heavy atom. The van der Waals surface area contributed by atoms with E-state index in [9.17, 15) is 0 Å². The largest absolute Gasteiger partial charge is 0.493 e. The van der Waals surface area contributed by atoms with Gasteiger partial charge in [-0.1, -0.05) is 46.9 Å². The Morgan fingerprint density at radius 1 is 1.27 bits per heavy atom. The summed E-state index contributed by atoms with van der Waals surface area (Å²) in [5, 5.41) is 0. The molecule has 1 aliphatic rings. The van der Waals surface area contributed by atoms with Gasteiger partial charge in [-0.05, 0) is 29.9 Å². The van der Waals surface area contributed by atoms with Crippen molar-refractivity contribution in [2.45, 2.75) is 34.1 Å². The molecule has 1 heterocycles. The van der Waals surface area contributed by atoms with E-state index in [2.05, 4.69) is 27.0 Å². The van der Waals surface area contributed by atoms with E-state index in [0.717, 1.165) is 18.8 Å². The zero-order chi connectivity index (χ0) is 11.8. The van der Waals surface area contributed by atoms with Crippen molar-refractivity contribution in [2.75, 3.05) is 6.61 Å². The van der Waals surface area contributed by atoms with Crippen molar-refractivity contribution in [3.8, 4) is 0 Å². The number of allylic oxidation sites excluding steroid dienone is 3. The maximum absolute atomic E-state index is 5.50. The quantitative estimate of drug-likeness (QED) is 0.670. The first-order valence-corrected chi connectivity index (χ1v) is 5.82. The molecule has 0 spiro atoms. The van der Waals surface area contributed by atoms with Crippen LogP contribution in [-0.2, 0) is 4.74 Å². The van der Waals surface area contributed by atoms with Crippen LogP contribution in [0.2, 0.25) is 0 Å². The number of hydrogen-bond acceptors (Lipinski definition) is 1. The van der Waals surface area contributed by atoms with E-state index in [4.69, 9.17) is 4.74 Å². The van der Waals surface area contributed by atoms with Crippen LogP contribution in [0.25, 0.3) is 0 Å². The highest BCUT2D eigenvalue weighted by molar-refractivity contribution is 5.31. The van der Waals surface area contributed by atoms with E-state index in [1.165, 1.54) is 5.57 Å². The van der Waals surface area contributed by atoms with Gasteiger partial charge in [0.05, 0.1) is 6.61 Å². The maximum atomic E-state index is 5.50. The molecular weight excluding hydrogens is 184 g/mol. The molecule has 0 aromatic carbocycles. The van der Waals surface area contributed by atoms with Gasteiger partial charge in [-0.2, -0.15) is 0 Å². The Balaban J connectivity index is 0.000000921. The van der Waals surface area contributed by atoms with Crippen molar-refractivity contribution in [2.24, 2.45) is 11.8 Å². The summed E-state index contributed by atoms with van der Waals surface area (Å²) in [5.41, 5.74) is 1.22. The van der Waals surface area contributed by atoms with Crippen LogP contribution in [0.15, 0.2) is 36.6 Å². The second kappa shape index (κ2) is 7.33. The second-order valence-corrected chi connectivity index (χ2v) is 3.72. The van der Waals surface area contributed by atoms with E-state index >= 15 is 0 Å². The third kappa shape index (κ3) is 3.58. The summed E-state index contributed by atoms with van der Waals surface area (Å²) < 4.78 is 5.50. The molecule has 0 radical (unpaired) electrons. The smallest absolute Gasteiger partial charge is 0.122 e. The first kappa shape index (κ1) is 14.0. The van der Waals surface area contributed by atoms with Crippen LogP contribution in [0.4, 0.5) is 0 Å². The fourth-order valence-electron chi connectivity index (χ4n) is 1.84. The van der Waals surface area contributed by atoms with Gasteiger partial charge in [-0.15, -0.1) is 0 Å². The Hall–Kier alpha value is -0.980. The van der Waals surface area contributed by atoms with Gasteiger partial charge in [-0.3, -0.25) is 0 Å². The van der Waals surface area contributed by atoms with Gasteiger partial charge in [0.15, 0.2) is 0 Å². The lowest BCUT2D eigenvalue weighted by atomic mass is 9.83. The molecule has 0 aliphatic carbocycles. The lowest BCUT2D eigenvalue weighted by Gasteiger charge is -2.28. The topological polar surface area (TPSA) is 9.23 Å². The van der Waals surface area contributed by atoms with Crippen LogP contribution in [0.3, 0.4) is 0 Å². The second-order valence-electron chi connectivity index (χ2n) is 3.72. The highest BCUT2D eigenvalue weighted by atomic mass is 16.5. The molecule has 0 N–H and O–H groups in total. The number of hydrogen-bond donors (Lipinski definition) is 0. The molecule has 0 fully saturated rings. The molecule has 0 saturated heterocycles. The summed E-state index contributed by atoms with van der Waals surface area (Å²) in [4.78, 5) is 0. The average Bonchev–Trinajstić information content (AvgIpc) is 2.30. The first-order valence-electron chi connectivity index (χ1n) is 5.82. The van der Waals surface area contributed by atoms with Gasteiger partial charge in [-0.25, -0.2) is 0 Å². The van der Waals surface area contributed by atoms with E-state index in [0.29, 0.717) is 11.8 Å². The molecule has 1 heteroatoms. The van der Waals surface area contributed by atoms with E-state index in [-0.39, 0.29) is 0 Å². The van der Waals surface area contributed by atoms with Crippen LogP contribution in [0.1, 0.15) is 34.1 Å². The number of rotatable bonds is 3. The SMILES string of the molecule is C=CC1=C(C=C)C(C(C)C)CCO1.CC. The highest BCUT2D eigenvalue weighted by Gasteiger charge is 2.23. The predicted molar refractivity (Wildman–Crippen MR) is 67.7 cm³/mol. The average molecular weight is 208 g/mol. The summed E-state index contributed by atoms with van der Waals surface area (Å²) in [6, 6.07) is 0. The van der Waals surface area contributed by atoms with Crippen LogP contribution >= 0.6 is 0 Å². The highest BCUT2D eigenvalue weighted by Crippen LogP contribution is 2.32. The van der Waals surface area contributed by atoms with Gasteiger partial charge in [0.2, 0.25) is 0 Å². The first-order chi connectivity index (χ1) is 7.20. The Morgan fingerprint density at radius 3 is 2.27 bits per heavy atom. The lowest BCUT2D eigenvalue weighted by Crippen LogP contribution is -2.20. The molecule has 0 aromatic rings. The molecule has 0 aromatic heterocycles. The minimum atomic E-state index is 0.583. The van der Waals surface area contributed by atoms with Crippen LogP contribution in [-0.4, -0.2) is 6.61 Å². The molecule has 1 unspecified atom stereocenters. The minimum absolute atomic E-state index is 0.583. The summed E-state index contributed by atoms with van der Waals surface area (Å²) in [6.45, 7) is 16.9. The zero-order valence-corrected chi connectivity index (χ0v) is 10.5. The molecular formula is C14H24O. The Bertz CT molecular complexity index is 236. The monoisotopic (exact) mass is 208 g/mol. The van der Waals surface area contributed by atoms with Crippen LogP contribution in [0, 0.1) is 11.8 Å². The van der Waals surface area contributed by atoms with Gasteiger partial charge in [0.25, 0.3) is 0 Å². The molecule has 1 nitrogen and oxygen atoms in total.